The fourth-order valence-corrected chi connectivity index (χ4v) is 4.22. The summed E-state index contributed by atoms with van der Waals surface area (Å²) in [6.45, 7) is 2.36. The topological polar surface area (TPSA) is 103 Å². The molecule has 3 heterocycles. The number of morpholine rings is 1. The first-order valence-corrected chi connectivity index (χ1v) is 10.9. The largest absolute Gasteiger partial charge is 0.487 e. The summed E-state index contributed by atoms with van der Waals surface area (Å²) in [5.74, 6) is -0.572. The molecule has 5 rings (SSSR count). The van der Waals surface area contributed by atoms with Crippen LogP contribution < -0.4 is 9.64 Å². The molecule has 10 heteroatoms. The number of nitrogens with zero attached hydrogens (tertiary/aromatic N) is 5. The molecule has 168 valence electrons. The third-order valence-corrected chi connectivity index (χ3v) is 5.91. The van der Waals surface area contributed by atoms with Gasteiger partial charge in [-0.3, -0.25) is 0 Å². The summed E-state index contributed by atoms with van der Waals surface area (Å²) in [5, 5.41) is 13.9. The summed E-state index contributed by atoms with van der Waals surface area (Å²) in [7, 11) is 0. The summed E-state index contributed by atoms with van der Waals surface area (Å²) in [6.07, 6.45) is 7.80. The minimum Gasteiger partial charge on any atom is -0.487 e. The Hall–Kier alpha value is -3.27. The molecule has 1 aromatic carbocycles. The second-order valence-corrected chi connectivity index (χ2v) is 8.10. The van der Waals surface area contributed by atoms with Gasteiger partial charge in [-0.1, -0.05) is 6.42 Å². The van der Waals surface area contributed by atoms with Crippen LogP contribution in [0.1, 0.15) is 42.5 Å². The molecule has 0 amide bonds. The third kappa shape index (κ3) is 4.10. The average Bonchev–Trinajstić information content (AvgIpc) is 3.31. The molecular weight excluding hydrogens is 417 g/mol. The zero-order chi connectivity index (χ0) is 22.1. The zero-order valence-corrected chi connectivity index (χ0v) is 17.5. The lowest BCUT2D eigenvalue weighted by Crippen LogP contribution is -2.37. The van der Waals surface area contributed by atoms with Crippen molar-refractivity contribution >= 4 is 22.7 Å². The van der Waals surface area contributed by atoms with Crippen molar-refractivity contribution in [2.24, 2.45) is 0 Å². The molecule has 1 aliphatic carbocycles. The molecule has 0 spiro atoms. The van der Waals surface area contributed by atoms with E-state index >= 15 is 0 Å². The number of anilines is 1. The number of carboxylic acids is 1. The molecule has 2 fully saturated rings. The van der Waals surface area contributed by atoms with Gasteiger partial charge >= 0.3 is 5.97 Å². The predicted molar refractivity (Wildman–Crippen MR) is 114 cm³/mol. The first-order chi connectivity index (χ1) is 15.6. The molecule has 1 saturated carbocycles. The maximum Gasteiger partial charge on any atom is 0.338 e. The number of aromatic nitrogens is 4. The smallest absolute Gasteiger partial charge is 0.338 e. The highest BCUT2D eigenvalue weighted by atomic mass is 19.1. The Morgan fingerprint density at radius 1 is 1.16 bits per heavy atom. The summed E-state index contributed by atoms with van der Waals surface area (Å²) in [6, 6.07) is 3.03. The molecule has 2 aliphatic rings. The second kappa shape index (κ2) is 8.70. The van der Waals surface area contributed by atoms with Gasteiger partial charge in [-0.2, -0.15) is 10.1 Å². The Morgan fingerprint density at radius 3 is 2.66 bits per heavy atom. The number of ether oxygens (including phenoxy) is 2. The Labute approximate surface area is 183 Å². The minimum atomic E-state index is -1.10. The molecule has 1 saturated heterocycles. The first-order valence-electron chi connectivity index (χ1n) is 10.9. The normalized spacial score (nSPS) is 17.6. The van der Waals surface area contributed by atoms with E-state index in [2.05, 4.69) is 20.0 Å². The van der Waals surface area contributed by atoms with Crippen molar-refractivity contribution in [1.29, 1.82) is 0 Å². The number of aromatic carboxylic acids is 1. The van der Waals surface area contributed by atoms with Crippen molar-refractivity contribution in [2.45, 2.75) is 38.2 Å². The van der Waals surface area contributed by atoms with Crippen molar-refractivity contribution in [1.82, 2.24) is 19.7 Å². The highest BCUT2D eigenvalue weighted by molar-refractivity contribution is 5.91. The number of hydrogen-bond acceptors (Lipinski definition) is 7. The molecule has 32 heavy (non-hydrogen) atoms. The highest BCUT2D eigenvalue weighted by Crippen LogP contribution is 2.33. The van der Waals surface area contributed by atoms with Crippen molar-refractivity contribution in [3.05, 3.63) is 35.9 Å². The Morgan fingerprint density at radius 2 is 1.94 bits per heavy atom. The standard InChI is InChI=1S/C22H24FN5O4/c23-17-11-18-16(10-19(17)32-15-4-2-1-3-5-15)20(27-6-8-31-9-7-27)26-22(25-18)28-13-14(12-24-28)21(29)30/h10-13,15H,1-9H2,(H,29,30). The highest BCUT2D eigenvalue weighted by Gasteiger charge is 2.22. The van der Waals surface area contributed by atoms with E-state index in [0.29, 0.717) is 43.0 Å². The number of hydrogen-bond donors (Lipinski definition) is 1. The van der Waals surface area contributed by atoms with Crippen LogP contribution in [0, 0.1) is 5.82 Å². The fraction of sp³-hybridized carbons (Fsp3) is 0.455. The molecule has 1 N–H and O–H groups in total. The lowest BCUT2D eigenvalue weighted by Gasteiger charge is -2.29. The Bertz CT molecular complexity index is 1140. The number of halogens is 1. The number of carbonyl (C=O) groups is 1. The molecular formula is C22H24FN5O4. The average molecular weight is 441 g/mol. The number of benzene rings is 1. The lowest BCUT2D eigenvalue weighted by molar-refractivity contribution is 0.0697. The molecule has 3 aromatic rings. The van der Waals surface area contributed by atoms with Crippen molar-refractivity contribution in [3.8, 4) is 11.7 Å². The van der Waals surface area contributed by atoms with Crippen LogP contribution in [0.3, 0.4) is 0 Å². The van der Waals surface area contributed by atoms with Crippen LogP contribution in [-0.2, 0) is 4.74 Å². The van der Waals surface area contributed by atoms with Gasteiger partial charge in [0.05, 0.1) is 36.6 Å². The van der Waals surface area contributed by atoms with Crippen LogP contribution in [0.4, 0.5) is 10.2 Å². The zero-order valence-electron chi connectivity index (χ0n) is 17.5. The van der Waals surface area contributed by atoms with Gasteiger partial charge in [-0.05, 0) is 31.7 Å². The quantitative estimate of drug-likeness (QED) is 0.644. The predicted octanol–water partition coefficient (Wildman–Crippen LogP) is 3.20. The van der Waals surface area contributed by atoms with E-state index in [-0.39, 0.29) is 23.4 Å². The number of rotatable bonds is 5. The van der Waals surface area contributed by atoms with Crippen molar-refractivity contribution < 1.29 is 23.8 Å². The molecule has 0 unspecified atom stereocenters. The van der Waals surface area contributed by atoms with Gasteiger partial charge in [0.2, 0.25) is 0 Å². The van der Waals surface area contributed by atoms with Crippen molar-refractivity contribution in [3.63, 3.8) is 0 Å². The monoisotopic (exact) mass is 441 g/mol. The molecule has 9 nitrogen and oxygen atoms in total. The maximum absolute atomic E-state index is 15.0. The second-order valence-electron chi connectivity index (χ2n) is 8.10. The van der Waals surface area contributed by atoms with E-state index in [1.54, 1.807) is 6.07 Å². The van der Waals surface area contributed by atoms with Crippen LogP contribution in [0.5, 0.6) is 5.75 Å². The lowest BCUT2D eigenvalue weighted by atomic mass is 9.98. The van der Waals surface area contributed by atoms with E-state index in [1.165, 1.54) is 29.6 Å². The van der Waals surface area contributed by atoms with Gasteiger partial charge in [0, 0.05) is 30.7 Å². The van der Waals surface area contributed by atoms with Crippen LogP contribution >= 0.6 is 0 Å². The SMILES string of the molecule is O=C(O)c1cnn(-c2nc(N3CCOCC3)c3cc(OC4CCCCC4)c(F)cc3n2)c1. The summed E-state index contributed by atoms with van der Waals surface area (Å²) < 4.78 is 27.8. The van der Waals surface area contributed by atoms with E-state index < -0.39 is 11.8 Å². The first kappa shape index (κ1) is 20.6. The van der Waals surface area contributed by atoms with E-state index in [9.17, 15) is 14.3 Å². The summed E-state index contributed by atoms with van der Waals surface area (Å²) >= 11 is 0. The van der Waals surface area contributed by atoms with Crippen molar-refractivity contribution in [2.75, 3.05) is 31.2 Å². The van der Waals surface area contributed by atoms with Crippen LogP contribution in [-0.4, -0.2) is 63.2 Å². The van der Waals surface area contributed by atoms with Gasteiger partial charge in [-0.25, -0.2) is 18.9 Å². The summed E-state index contributed by atoms with van der Waals surface area (Å²) in [4.78, 5) is 22.4. The molecule has 2 aromatic heterocycles. The van der Waals surface area contributed by atoms with Gasteiger partial charge in [0.15, 0.2) is 11.6 Å². The molecule has 1 aliphatic heterocycles. The number of carboxylic acid groups (broad SMARTS) is 1. The minimum absolute atomic E-state index is 0.0150. The summed E-state index contributed by atoms with van der Waals surface area (Å²) in [5.41, 5.74) is 0.418. The number of fused-ring (bicyclic) bond motifs is 1. The Balaban J connectivity index is 1.59. The Kier molecular flexibility index (Phi) is 5.60. The van der Waals surface area contributed by atoms with E-state index in [1.807, 2.05) is 0 Å². The van der Waals surface area contributed by atoms with Gasteiger partial charge in [-0.15, -0.1) is 0 Å². The van der Waals surface area contributed by atoms with E-state index in [4.69, 9.17) is 9.47 Å². The van der Waals surface area contributed by atoms with E-state index in [0.717, 1.165) is 25.7 Å². The maximum atomic E-state index is 15.0. The third-order valence-electron chi connectivity index (χ3n) is 5.91. The van der Waals surface area contributed by atoms with Crippen LogP contribution in [0.2, 0.25) is 0 Å². The molecule has 0 bridgehead atoms. The molecule has 0 radical (unpaired) electrons. The van der Waals surface area contributed by atoms with Gasteiger partial charge < -0.3 is 19.5 Å². The van der Waals surface area contributed by atoms with Gasteiger partial charge in [0.1, 0.15) is 5.82 Å². The van der Waals surface area contributed by atoms with Crippen LogP contribution in [0.25, 0.3) is 16.9 Å². The van der Waals surface area contributed by atoms with Gasteiger partial charge in [0.25, 0.3) is 5.95 Å². The molecule has 0 atom stereocenters. The van der Waals surface area contributed by atoms with Crippen LogP contribution in [0.15, 0.2) is 24.5 Å². The fourth-order valence-electron chi connectivity index (χ4n) is 4.22.